The number of benzene rings is 3. The molecule has 1 saturated heterocycles. The third kappa shape index (κ3) is 6.56. The highest BCUT2D eigenvalue weighted by molar-refractivity contribution is 7.93. The molecule has 0 radical (unpaired) electrons. The number of sulfone groups is 1. The Morgan fingerprint density at radius 3 is 2.33 bits per heavy atom. The van der Waals surface area contributed by atoms with Crippen molar-refractivity contribution in [3.05, 3.63) is 83.9 Å². The van der Waals surface area contributed by atoms with Crippen molar-refractivity contribution in [2.75, 3.05) is 40.0 Å². The van der Waals surface area contributed by atoms with Gasteiger partial charge in [-0.05, 0) is 78.8 Å². The summed E-state index contributed by atoms with van der Waals surface area (Å²) < 4.78 is 36.5. The SMILES string of the molecule is C#Cc1ccc(-c2cccc(CCCOc3ccc(S(=O)(=O)C4(C(N)=O)CCN(CCOC)CC4)cc3)c2)cc1. The molecule has 1 fully saturated rings. The van der Waals surface area contributed by atoms with E-state index in [-0.39, 0.29) is 17.7 Å². The van der Waals surface area contributed by atoms with E-state index >= 15 is 0 Å². The van der Waals surface area contributed by atoms with Crippen LogP contribution in [-0.2, 0) is 25.8 Å². The van der Waals surface area contributed by atoms with Crippen molar-refractivity contribution >= 4 is 15.7 Å². The number of hydrogen-bond donors (Lipinski definition) is 1. The number of methoxy groups -OCH3 is 1. The molecule has 0 aliphatic carbocycles. The van der Waals surface area contributed by atoms with Crippen molar-refractivity contribution in [3.63, 3.8) is 0 Å². The number of ether oxygens (including phenoxy) is 2. The first kappa shape index (κ1) is 29.3. The zero-order chi connectivity index (χ0) is 28.6. The molecule has 0 spiro atoms. The number of likely N-dealkylation sites (tertiary alicyclic amines) is 1. The van der Waals surface area contributed by atoms with Crippen molar-refractivity contribution < 1.29 is 22.7 Å². The van der Waals surface area contributed by atoms with E-state index in [9.17, 15) is 13.2 Å². The van der Waals surface area contributed by atoms with Gasteiger partial charge in [0.1, 0.15) is 5.75 Å². The van der Waals surface area contributed by atoms with E-state index in [1.165, 1.54) is 17.7 Å². The summed E-state index contributed by atoms with van der Waals surface area (Å²) in [5.41, 5.74) is 9.99. The smallest absolute Gasteiger partial charge is 0.239 e. The zero-order valence-corrected chi connectivity index (χ0v) is 23.7. The van der Waals surface area contributed by atoms with Crippen LogP contribution in [0.4, 0.5) is 0 Å². The molecule has 4 rings (SSSR count). The van der Waals surface area contributed by atoms with E-state index in [1.54, 1.807) is 19.2 Å². The Bertz CT molecular complexity index is 1440. The first-order valence-electron chi connectivity index (χ1n) is 13.4. The van der Waals surface area contributed by atoms with Crippen LogP contribution in [0.5, 0.6) is 5.75 Å². The summed E-state index contributed by atoms with van der Waals surface area (Å²) >= 11 is 0. The van der Waals surface area contributed by atoms with Crippen LogP contribution >= 0.6 is 0 Å². The molecule has 1 amide bonds. The van der Waals surface area contributed by atoms with E-state index < -0.39 is 20.5 Å². The van der Waals surface area contributed by atoms with Gasteiger partial charge in [0.2, 0.25) is 5.91 Å². The van der Waals surface area contributed by atoms with Gasteiger partial charge in [0.25, 0.3) is 0 Å². The number of rotatable bonds is 12. The molecule has 0 atom stereocenters. The van der Waals surface area contributed by atoms with E-state index in [2.05, 4.69) is 29.0 Å². The van der Waals surface area contributed by atoms with Gasteiger partial charge in [-0.15, -0.1) is 6.42 Å². The minimum Gasteiger partial charge on any atom is -0.494 e. The summed E-state index contributed by atoms with van der Waals surface area (Å²) in [7, 11) is -2.35. The van der Waals surface area contributed by atoms with Crippen LogP contribution in [0.15, 0.2) is 77.7 Å². The highest BCUT2D eigenvalue weighted by Crippen LogP contribution is 2.36. The molecule has 7 nitrogen and oxygen atoms in total. The van der Waals surface area contributed by atoms with Crippen molar-refractivity contribution in [2.45, 2.75) is 35.3 Å². The molecule has 8 heteroatoms. The molecular weight excluding hydrogens is 524 g/mol. The minimum atomic E-state index is -3.97. The topological polar surface area (TPSA) is 98.9 Å². The molecule has 1 aliphatic heterocycles. The number of carbonyl (C=O) groups excluding carboxylic acids is 1. The van der Waals surface area contributed by atoms with Crippen LogP contribution in [0.1, 0.15) is 30.4 Å². The normalized spacial score (nSPS) is 15.3. The number of terminal acetylenes is 1. The Morgan fingerprint density at radius 1 is 1.00 bits per heavy atom. The number of aryl methyl sites for hydroxylation is 1. The average molecular weight is 561 g/mol. The predicted octanol–water partition coefficient (Wildman–Crippen LogP) is 4.09. The Kier molecular flexibility index (Phi) is 9.64. The van der Waals surface area contributed by atoms with Gasteiger partial charge >= 0.3 is 0 Å². The van der Waals surface area contributed by atoms with E-state index in [0.717, 1.165) is 29.5 Å². The maximum Gasteiger partial charge on any atom is 0.239 e. The molecule has 0 aromatic heterocycles. The molecule has 3 aromatic carbocycles. The second kappa shape index (κ2) is 13.1. The monoisotopic (exact) mass is 560 g/mol. The van der Waals surface area contributed by atoms with Crippen molar-refractivity contribution in [2.24, 2.45) is 5.73 Å². The summed E-state index contributed by atoms with van der Waals surface area (Å²) in [6.07, 6.45) is 7.40. The molecule has 0 unspecified atom stereocenters. The standard InChI is InChI=1S/C32H36N2O5S/c1-3-25-9-11-27(12-10-25)28-8-4-6-26(24-28)7-5-22-39-29-13-15-30(16-14-29)40(36,37)32(31(33)35)17-19-34(20-18-32)21-23-38-2/h1,4,6,8-16,24H,5,7,17-23H2,2H3,(H2,33,35). The predicted molar refractivity (Wildman–Crippen MR) is 157 cm³/mol. The number of nitrogens with two attached hydrogens (primary N) is 1. The molecule has 40 heavy (non-hydrogen) atoms. The molecular formula is C32H36N2O5S. The summed E-state index contributed by atoms with van der Waals surface area (Å²) in [5.74, 6) is 2.41. The van der Waals surface area contributed by atoms with E-state index in [1.807, 2.05) is 30.3 Å². The minimum absolute atomic E-state index is 0.0797. The van der Waals surface area contributed by atoms with Crippen LogP contribution in [-0.4, -0.2) is 63.9 Å². The first-order valence-corrected chi connectivity index (χ1v) is 14.9. The molecule has 2 N–H and O–H groups in total. The fourth-order valence-corrected chi connectivity index (χ4v) is 7.01. The third-order valence-corrected chi connectivity index (χ3v) is 10.1. The van der Waals surface area contributed by atoms with Crippen molar-refractivity contribution in [1.29, 1.82) is 0 Å². The Balaban J connectivity index is 1.33. The van der Waals surface area contributed by atoms with Crippen molar-refractivity contribution in [3.8, 4) is 29.2 Å². The Labute approximate surface area is 237 Å². The fraction of sp³-hybridized carbons (Fsp3) is 0.344. The quantitative estimate of drug-likeness (QED) is 0.265. The maximum atomic E-state index is 13.6. The van der Waals surface area contributed by atoms with Gasteiger partial charge in [-0.1, -0.05) is 42.3 Å². The van der Waals surface area contributed by atoms with Gasteiger partial charge in [0.05, 0.1) is 18.1 Å². The number of primary amides is 1. The fourth-order valence-electron chi connectivity index (χ4n) is 5.08. The Hall–Kier alpha value is -3.64. The van der Waals surface area contributed by atoms with Crippen molar-refractivity contribution in [1.82, 2.24) is 4.90 Å². The van der Waals surface area contributed by atoms with E-state index in [0.29, 0.717) is 38.6 Å². The summed E-state index contributed by atoms with van der Waals surface area (Å²) in [4.78, 5) is 14.6. The lowest BCUT2D eigenvalue weighted by Gasteiger charge is -2.38. The number of amides is 1. The van der Waals surface area contributed by atoms with Gasteiger partial charge in [0.15, 0.2) is 14.6 Å². The van der Waals surface area contributed by atoms with Gasteiger partial charge in [0, 0.05) is 32.3 Å². The summed E-state index contributed by atoms with van der Waals surface area (Å²) in [5, 5.41) is 0. The van der Waals surface area contributed by atoms with Crippen LogP contribution in [0, 0.1) is 12.3 Å². The lowest BCUT2D eigenvalue weighted by Crippen LogP contribution is -2.57. The summed E-state index contributed by atoms with van der Waals surface area (Å²) in [6, 6.07) is 22.6. The van der Waals surface area contributed by atoms with E-state index in [4.69, 9.17) is 21.6 Å². The highest BCUT2D eigenvalue weighted by Gasteiger charge is 2.51. The second-order valence-corrected chi connectivity index (χ2v) is 12.3. The van der Waals surface area contributed by atoms with Gasteiger partial charge < -0.3 is 20.1 Å². The van der Waals surface area contributed by atoms with Crippen LogP contribution < -0.4 is 10.5 Å². The number of piperidine rings is 1. The largest absolute Gasteiger partial charge is 0.494 e. The number of carbonyl (C=O) groups is 1. The first-order chi connectivity index (χ1) is 19.3. The van der Waals surface area contributed by atoms with Gasteiger partial charge in [-0.25, -0.2) is 8.42 Å². The lowest BCUT2D eigenvalue weighted by molar-refractivity contribution is -0.121. The van der Waals surface area contributed by atoms with Gasteiger partial charge in [-0.3, -0.25) is 4.79 Å². The molecule has 210 valence electrons. The number of nitrogens with zero attached hydrogens (tertiary/aromatic N) is 1. The van der Waals surface area contributed by atoms with Crippen LogP contribution in [0.2, 0.25) is 0 Å². The highest BCUT2D eigenvalue weighted by atomic mass is 32.2. The number of hydrogen-bond acceptors (Lipinski definition) is 6. The maximum absolute atomic E-state index is 13.6. The van der Waals surface area contributed by atoms with Crippen LogP contribution in [0.3, 0.4) is 0 Å². The zero-order valence-electron chi connectivity index (χ0n) is 22.8. The Morgan fingerprint density at radius 2 is 1.70 bits per heavy atom. The molecule has 3 aromatic rings. The van der Waals surface area contributed by atoms with Gasteiger partial charge in [-0.2, -0.15) is 0 Å². The molecule has 0 saturated carbocycles. The molecule has 1 heterocycles. The molecule has 0 bridgehead atoms. The van der Waals surface area contributed by atoms with Crippen LogP contribution in [0.25, 0.3) is 11.1 Å². The second-order valence-electron chi connectivity index (χ2n) is 10.0. The molecule has 1 aliphatic rings. The third-order valence-electron chi connectivity index (χ3n) is 7.56. The lowest BCUT2D eigenvalue weighted by atomic mass is 9.95. The summed E-state index contributed by atoms with van der Waals surface area (Å²) in [6.45, 7) is 2.65. The average Bonchev–Trinajstić information content (AvgIpc) is 2.98.